The molecule has 0 amide bonds. The van der Waals surface area contributed by atoms with Gasteiger partial charge >= 0.3 is 0 Å². The van der Waals surface area contributed by atoms with Crippen LogP contribution in [-0.4, -0.2) is 22.3 Å². The lowest BCUT2D eigenvalue weighted by Gasteiger charge is -2.14. The van der Waals surface area contributed by atoms with E-state index in [0.29, 0.717) is 6.04 Å². The number of rotatable bonds is 5. The lowest BCUT2D eigenvalue weighted by molar-refractivity contribution is 0.710. The van der Waals surface area contributed by atoms with Crippen molar-refractivity contribution in [1.82, 2.24) is 9.97 Å². The van der Waals surface area contributed by atoms with Crippen molar-refractivity contribution in [2.45, 2.75) is 30.8 Å². The molecule has 1 N–H and O–H groups in total. The highest BCUT2D eigenvalue weighted by Crippen LogP contribution is 2.15. The summed E-state index contributed by atoms with van der Waals surface area (Å²) in [7, 11) is 0. The predicted octanol–water partition coefficient (Wildman–Crippen LogP) is 2.41. The van der Waals surface area contributed by atoms with Gasteiger partial charge in [-0.3, -0.25) is 0 Å². The molecule has 15 heavy (non-hydrogen) atoms. The Labute approximate surface area is 95.1 Å². The summed E-state index contributed by atoms with van der Waals surface area (Å²) in [5.41, 5.74) is 0. The van der Waals surface area contributed by atoms with Crippen LogP contribution in [0.5, 0.6) is 0 Å². The van der Waals surface area contributed by atoms with Crippen LogP contribution in [0.1, 0.15) is 19.8 Å². The van der Waals surface area contributed by atoms with Gasteiger partial charge in [0.2, 0.25) is 0 Å². The van der Waals surface area contributed by atoms with Gasteiger partial charge in [0.15, 0.2) is 0 Å². The number of hydrogen-bond acceptors (Lipinski definition) is 4. The summed E-state index contributed by atoms with van der Waals surface area (Å²) in [6, 6.07) is 2.23. The highest BCUT2D eigenvalue weighted by Gasteiger charge is 2.05. The SMILES string of the molecule is C#CCC(CC)Nc1cc(SC)ncn1. The number of terminal acetylenes is 1. The molecule has 0 saturated carbocycles. The number of hydrogen-bond donors (Lipinski definition) is 1. The summed E-state index contributed by atoms with van der Waals surface area (Å²) in [6.07, 6.45) is 10.6. The summed E-state index contributed by atoms with van der Waals surface area (Å²) >= 11 is 1.60. The Bertz CT molecular complexity index is 346. The molecular formula is C11H15N3S. The van der Waals surface area contributed by atoms with E-state index in [4.69, 9.17) is 6.42 Å². The highest BCUT2D eigenvalue weighted by atomic mass is 32.2. The van der Waals surface area contributed by atoms with Gasteiger partial charge in [-0.05, 0) is 12.7 Å². The first-order valence-electron chi connectivity index (χ1n) is 4.86. The van der Waals surface area contributed by atoms with Gasteiger partial charge in [-0.25, -0.2) is 9.97 Å². The molecule has 1 unspecified atom stereocenters. The Balaban J connectivity index is 2.66. The summed E-state index contributed by atoms with van der Waals surface area (Å²) < 4.78 is 0. The Morgan fingerprint density at radius 1 is 1.60 bits per heavy atom. The van der Waals surface area contributed by atoms with E-state index < -0.39 is 0 Å². The molecule has 0 saturated heterocycles. The maximum Gasteiger partial charge on any atom is 0.130 e. The van der Waals surface area contributed by atoms with E-state index in [1.165, 1.54) is 0 Å². The largest absolute Gasteiger partial charge is 0.366 e. The Kier molecular flexibility index (Phi) is 4.99. The molecule has 0 fully saturated rings. The fraction of sp³-hybridized carbons (Fsp3) is 0.455. The Morgan fingerprint density at radius 3 is 3.00 bits per heavy atom. The zero-order valence-corrected chi connectivity index (χ0v) is 9.84. The van der Waals surface area contributed by atoms with E-state index in [2.05, 4.69) is 28.1 Å². The molecule has 0 bridgehead atoms. The zero-order valence-electron chi connectivity index (χ0n) is 9.03. The molecule has 1 rings (SSSR count). The van der Waals surface area contributed by atoms with Gasteiger partial charge in [-0.2, -0.15) is 0 Å². The molecule has 0 aliphatic carbocycles. The first-order valence-corrected chi connectivity index (χ1v) is 6.08. The first kappa shape index (κ1) is 11.9. The van der Waals surface area contributed by atoms with E-state index in [-0.39, 0.29) is 0 Å². The van der Waals surface area contributed by atoms with Crippen molar-refractivity contribution < 1.29 is 0 Å². The van der Waals surface area contributed by atoms with E-state index in [0.717, 1.165) is 23.7 Å². The average Bonchev–Trinajstić information content (AvgIpc) is 2.29. The molecular weight excluding hydrogens is 206 g/mol. The van der Waals surface area contributed by atoms with Gasteiger partial charge in [-0.1, -0.05) is 6.92 Å². The van der Waals surface area contributed by atoms with Crippen molar-refractivity contribution in [3.05, 3.63) is 12.4 Å². The summed E-state index contributed by atoms with van der Waals surface area (Å²) in [5, 5.41) is 4.26. The van der Waals surface area contributed by atoms with Crippen molar-refractivity contribution in [3.8, 4) is 12.3 Å². The predicted molar refractivity (Wildman–Crippen MR) is 65.0 cm³/mol. The fourth-order valence-electron chi connectivity index (χ4n) is 1.18. The highest BCUT2D eigenvalue weighted by molar-refractivity contribution is 7.98. The normalized spacial score (nSPS) is 11.8. The Hall–Kier alpha value is -1.21. The van der Waals surface area contributed by atoms with Crippen LogP contribution in [-0.2, 0) is 0 Å². The summed E-state index contributed by atoms with van der Waals surface area (Å²) in [6.45, 7) is 2.10. The van der Waals surface area contributed by atoms with E-state index in [1.54, 1.807) is 18.1 Å². The number of nitrogens with one attached hydrogen (secondary N) is 1. The maximum absolute atomic E-state index is 5.29. The molecule has 0 radical (unpaired) electrons. The lowest BCUT2D eigenvalue weighted by atomic mass is 10.1. The van der Waals surface area contributed by atoms with Gasteiger partial charge < -0.3 is 5.32 Å². The smallest absolute Gasteiger partial charge is 0.130 e. The number of nitrogens with zero attached hydrogens (tertiary/aromatic N) is 2. The number of anilines is 1. The molecule has 0 spiro atoms. The standard InChI is InChI=1S/C11H15N3S/c1-4-6-9(5-2)14-10-7-11(15-3)13-8-12-10/h1,7-9H,5-6H2,2-3H3,(H,12,13,14). The van der Waals surface area contributed by atoms with Crippen molar-refractivity contribution in [1.29, 1.82) is 0 Å². The molecule has 1 aromatic heterocycles. The van der Waals surface area contributed by atoms with Crippen LogP contribution in [0.2, 0.25) is 0 Å². The van der Waals surface area contributed by atoms with E-state index in [1.807, 2.05) is 12.3 Å². The van der Waals surface area contributed by atoms with Crippen molar-refractivity contribution in [2.75, 3.05) is 11.6 Å². The van der Waals surface area contributed by atoms with Crippen LogP contribution in [0.4, 0.5) is 5.82 Å². The van der Waals surface area contributed by atoms with Crippen LogP contribution in [0.25, 0.3) is 0 Å². The third-order valence-corrected chi connectivity index (χ3v) is 2.70. The van der Waals surface area contributed by atoms with Gasteiger partial charge in [0, 0.05) is 18.5 Å². The number of aromatic nitrogens is 2. The molecule has 0 aliphatic heterocycles. The molecule has 3 nitrogen and oxygen atoms in total. The second kappa shape index (κ2) is 6.31. The minimum atomic E-state index is 0.291. The molecule has 0 aliphatic rings. The molecule has 1 aromatic rings. The third kappa shape index (κ3) is 3.80. The minimum Gasteiger partial charge on any atom is -0.366 e. The van der Waals surface area contributed by atoms with Crippen molar-refractivity contribution >= 4 is 17.6 Å². The molecule has 1 atom stereocenters. The van der Waals surface area contributed by atoms with Crippen molar-refractivity contribution in [3.63, 3.8) is 0 Å². The lowest BCUT2D eigenvalue weighted by Crippen LogP contribution is -2.18. The van der Waals surface area contributed by atoms with Gasteiger partial charge in [0.25, 0.3) is 0 Å². The molecule has 1 heterocycles. The second-order valence-corrected chi connectivity index (χ2v) is 3.93. The number of thioether (sulfide) groups is 1. The van der Waals surface area contributed by atoms with Gasteiger partial charge in [0.05, 0.1) is 0 Å². The topological polar surface area (TPSA) is 37.8 Å². The van der Waals surface area contributed by atoms with Crippen LogP contribution < -0.4 is 5.32 Å². The average molecular weight is 221 g/mol. The van der Waals surface area contributed by atoms with Crippen LogP contribution in [0.15, 0.2) is 17.4 Å². The summed E-state index contributed by atoms with van der Waals surface area (Å²) in [5.74, 6) is 3.50. The monoisotopic (exact) mass is 221 g/mol. The van der Waals surface area contributed by atoms with Crippen molar-refractivity contribution in [2.24, 2.45) is 0 Å². The summed E-state index contributed by atoms with van der Waals surface area (Å²) in [4.78, 5) is 8.26. The quantitative estimate of drug-likeness (QED) is 0.471. The van der Waals surface area contributed by atoms with Gasteiger partial charge in [0.1, 0.15) is 17.2 Å². The van der Waals surface area contributed by atoms with Crippen LogP contribution >= 0.6 is 11.8 Å². The van der Waals surface area contributed by atoms with Crippen LogP contribution in [0, 0.1) is 12.3 Å². The first-order chi connectivity index (χ1) is 7.30. The maximum atomic E-state index is 5.29. The fourth-order valence-corrected chi connectivity index (χ4v) is 1.56. The molecule has 0 aromatic carbocycles. The second-order valence-electron chi connectivity index (χ2n) is 3.10. The molecule has 4 heteroatoms. The van der Waals surface area contributed by atoms with Crippen LogP contribution in [0.3, 0.4) is 0 Å². The zero-order chi connectivity index (χ0) is 11.1. The van der Waals surface area contributed by atoms with E-state index >= 15 is 0 Å². The van der Waals surface area contributed by atoms with Gasteiger partial charge in [-0.15, -0.1) is 24.1 Å². The Morgan fingerprint density at radius 2 is 2.40 bits per heavy atom. The minimum absolute atomic E-state index is 0.291. The van der Waals surface area contributed by atoms with E-state index in [9.17, 15) is 0 Å². The third-order valence-electron chi connectivity index (χ3n) is 2.06. The molecule has 80 valence electrons.